The lowest BCUT2D eigenvalue weighted by molar-refractivity contribution is -0.134. The van der Waals surface area contributed by atoms with E-state index >= 15 is 0 Å². The van der Waals surface area contributed by atoms with Crippen molar-refractivity contribution in [1.29, 1.82) is 0 Å². The summed E-state index contributed by atoms with van der Waals surface area (Å²) in [6.07, 6.45) is 2.89. The van der Waals surface area contributed by atoms with Crippen molar-refractivity contribution in [3.8, 4) is 0 Å². The molecule has 0 radical (unpaired) electrons. The molecule has 6 heteroatoms. The van der Waals surface area contributed by atoms with Gasteiger partial charge in [-0.1, -0.05) is 30.3 Å². The van der Waals surface area contributed by atoms with Gasteiger partial charge in [-0.25, -0.2) is 4.79 Å². The maximum Gasteiger partial charge on any atom is 0.339 e. The van der Waals surface area contributed by atoms with Gasteiger partial charge in [-0.2, -0.15) is 0 Å². The molecule has 1 spiro atoms. The van der Waals surface area contributed by atoms with E-state index in [1.165, 1.54) is 0 Å². The van der Waals surface area contributed by atoms with Crippen LogP contribution in [-0.2, 0) is 25.3 Å². The van der Waals surface area contributed by atoms with Crippen LogP contribution >= 0.6 is 0 Å². The predicted molar refractivity (Wildman–Crippen MR) is 109 cm³/mol. The molecule has 6 rings (SSSR count). The summed E-state index contributed by atoms with van der Waals surface area (Å²) in [5, 5.41) is 0. The second-order valence-corrected chi connectivity index (χ2v) is 8.83. The molecule has 2 aromatic rings. The van der Waals surface area contributed by atoms with Crippen molar-refractivity contribution in [3.63, 3.8) is 0 Å². The minimum Gasteiger partial charge on any atom is -0.449 e. The van der Waals surface area contributed by atoms with E-state index in [4.69, 9.17) is 4.74 Å². The van der Waals surface area contributed by atoms with Gasteiger partial charge >= 0.3 is 5.97 Å². The quantitative estimate of drug-likeness (QED) is 0.585. The van der Waals surface area contributed by atoms with Crippen LogP contribution in [0.15, 0.2) is 48.5 Å². The molecule has 1 aliphatic carbocycles. The van der Waals surface area contributed by atoms with Gasteiger partial charge in [-0.05, 0) is 36.6 Å². The van der Waals surface area contributed by atoms with Crippen LogP contribution in [0.3, 0.4) is 0 Å². The number of ether oxygens (including phenoxy) is 1. The Bertz CT molecular complexity index is 1090. The van der Waals surface area contributed by atoms with E-state index in [1.54, 1.807) is 11.0 Å². The highest BCUT2D eigenvalue weighted by atomic mass is 16.6. The number of carbonyl (C=O) groups is 3. The largest absolute Gasteiger partial charge is 0.449 e. The second kappa shape index (κ2) is 5.94. The fourth-order valence-corrected chi connectivity index (χ4v) is 5.21. The predicted octanol–water partition coefficient (Wildman–Crippen LogP) is 2.75. The van der Waals surface area contributed by atoms with Crippen molar-refractivity contribution >= 4 is 23.5 Å². The van der Waals surface area contributed by atoms with Crippen molar-refractivity contribution in [3.05, 3.63) is 65.2 Å². The van der Waals surface area contributed by atoms with Crippen molar-refractivity contribution in [2.75, 3.05) is 24.5 Å². The number of esters is 1. The van der Waals surface area contributed by atoms with Crippen LogP contribution in [0, 0.1) is 0 Å². The third-order valence-corrected chi connectivity index (χ3v) is 7.19. The average Bonchev–Trinajstić information content (AvgIpc) is 3.39. The Balaban J connectivity index is 1.24. The molecule has 3 heterocycles. The van der Waals surface area contributed by atoms with Crippen LogP contribution in [-0.4, -0.2) is 42.3 Å². The van der Waals surface area contributed by atoms with E-state index in [9.17, 15) is 14.4 Å². The van der Waals surface area contributed by atoms with Crippen molar-refractivity contribution in [2.45, 2.75) is 36.7 Å². The van der Waals surface area contributed by atoms with Gasteiger partial charge in [0.25, 0.3) is 0 Å². The SMILES string of the molecule is O=C1O[C@]2(CCN(C(=O)C3(c4ccc(N5CCC5=O)cc4)CC3)C2)c2ccccc21. The van der Waals surface area contributed by atoms with E-state index in [2.05, 4.69) is 0 Å². The van der Waals surface area contributed by atoms with Crippen molar-refractivity contribution in [2.24, 2.45) is 0 Å². The van der Waals surface area contributed by atoms with E-state index in [1.807, 2.05) is 47.4 Å². The molecule has 2 amide bonds. The second-order valence-electron chi connectivity index (χ2n) is 8.83. The molecule has 1 atom stereocenters. The van der Waals surface area contributed by atoms with Crippen LogP contribution in [0.5, 0.6) is 0 Å². The molecule has 1 saturated carbocycles. The molecule has 0 N–H and O–H groups in total. The van der Waals surface area contributed by atoms with E-state index in [0.717, 1.165) is 36.2 Å². The lowest BCUT2D eigenvalue weighted by atomic mass is 9.91. The number of likely N-dealkylation sites (tertiary alicyclic amines) is 1. The molecule has 6 nitrogen and oxygen atoms in total. The maximum absolute atomic E-state index is 13.5. The summed E-state index contributed by atoms with van der Waals surface area (Å²) in [6, 6.07) is 15.4. The Morgan fingerprint density at radius 2 is 1.70 bits per heavy atom. The Labute approximate surface area is 174 Å². The number of carbonyl (C=O) groups excluding carboxylic acids is 3. The lowest BCUT2D eigenvalue weighted by Crippen LogP contribution is -2.43. The molecule has 0 bridgehead atoms. The number of fused-ring (bicyclic) bond motifs is 2. The number of rotatable bonds is 3. The zero-order valence-electron chi connectivity index (χ0n) is 16.6. The fourth-order valence-electron chi connectivity index (χ4n) is 5.21. The van der Waals surface area contributed by atoms with Gasteiger partial charge in [-0.3, -0.25) is 9.59 Å². The topological polar surface area (TPSA) is 66.9 Å². The van der Waals surface area contributed by atoms with Gasteiger partial charge in [0.15, 0.2) is 5.60 Å². The summed E-state index contributed by atoms with van der Waals surface area (Å²) in [6.45, 7) is 1.76. The molecule has 3 aliphatic heterocycles. The number of benzene rings is 2. The van der Waals surface area contributed by atoms with Gasteiger partial charge in [0.05, 0.1) is 17.5 Å². The third kappa shape index (κ3) is 2.33. The first kappa shape index (κ1) is 17.7. The van der Waals surface area contributed by atoms with E-state index in [-0.39, 0.29) is 17.8 Å². The molecule has 0 aromatic heterocycles. The zero-order chi connectivity index (χ0) is 20.5. The monoisotopic (exact) mass is 402 g/mol. The Morgan fingerprint density at radius 3 is 2.37 bits per heavy atom. The number of nitrogens with zero attached hydrogens (tertiary/aromatic N) is 2. The molecular weight excluding hydrogens is 380 g/mol. The van der Waals surface area contributed by atoms with Crippen LogP contribution < -0.4 is 4.90 Å². The number of anilines is 1. The standard InChI is InChI=1S/C24H22N2O4/c27-20-9-13-26(20)17-7-5-16(6-8-17)23(10-11-23)22(29)25-14-12-24(15-25)19-4-2-1-3-18(19)21(28)30-24/h1-8H,9-15H2/t24-/m0/s1. The van der Waals surface area contributed by atoms with E-state index < -0.39 is 11.0 Å². The Hall–Kier alpha value is -3.15. The number of hydrogen-bond acceptors (Lipinski definition) is 4. The van der Waals surface area contributed by atoms with Gasteiger partial charge in [0.2, 0.25) is 11.8 Å². The van der Waals surface area contributed by atoms with Gasteiger partial charge < -0.3 is 14.5 Å². The minimum absolute atomic E-state index is 0.118. The third-order valence-electron chi connectivity index (χ3n) is 7.19. The molecule has 30 heavy (non-hydrogen) atoms. The van der Waals surface area contributed by atoms with Crippen molar-refractivity contribution in [1.82, 2.24) is 4.90 Å². The summed E-state index contributed by atoms with van der Waals surface area (Å²) in [7, 11) is 0. The van der Waals surface area contributed by atoms with Gasteiger partial charge in [0, 0.05) is 37.2 Å². The smallest absolute Gasteiger partial charge is 0.339 e. The number of hydrogen-bond donors (Lipinski definition) is 0. The summed E-state index contributed by atoms with van der Waals surface area (Å²) in [5.41, 5.74) is 2.23. The molecule has 3 fully saturated rings. The average molecular weight is 402 g/mol. The molecule has 2 aromatic carbocycles. The maximum atomic E-state index is 13.5. The number of amides is 2. The highest BCUT2D eigenvalue weighted by Crippen LogP contribution is 2.52. The molecule has 4 aliphatic rings. The Kier molecular flexibility index (Phi) is 3.50. The fraction of sp³-hybridized carbons (Fsp3) is 0.375. The van der Waals surface area contributed by atoms with Crippen molar-refractivity contribution < 1.29 is 19.1 Å². The van der Waals surface area contributed by atoms with Crippen LogP contribution in [0.4, 0.5) is 5.69 Å². The Morgan fingerprint density at radius 1 is 0.933 bits per heavy atom. The van der Waals surface area contributed by atoms with Gasteiger partial charge in [-0.15, -0.1) is 0 Å². The summed E-state index contributed by atoms with van der Waals surface area (Å²) < 4.78 is 5.80. The lowest BCUT2D eigenvalue weighted by Gasteiger charge is -2.31. The van der Waals surface area contributed by atoms with Crippen LogP contribution in [0.2, 0.25) is 0 Å². The van der Waals surface area contributed by atoms with E-state index in [0.29, 0.717) is 31.5 Å². The molecule has 2 saturated heterocycles. The first-order valence-electron chi connectivity index (χ1n) is 10.6. The van der Waals surface area contributed by atoms with Crippen LogP contribution in [0.25, 0.3) is 0 Å². The zero-order valence-corrected chi connectivity index (χ0v) is 16.6. The minimum atomic E-state index is -0.707. The highest BCUT2D eigenvalue weighted by Gasteiger charge is 2.57. The first-order chi connectivity index (χ1) is 14.5. The summed E-state index contributed by atoms with van der Waals surface area (Å²) in [4.78, 5) is 41.1. The number of β-lactam (4-membered cyclic amide) rings is 1. The first-order valence-corrected chi connectivity index (χ1v) is 10.6. The van der Waals surface area contributed by atoms with Gasteiger partial charge in [0.1, 0.15) is 0 Å². The molecule has 152 valence electrons. The molecular formula is C24H22N2O4. The normalized spacial score (nSPS) is 25.9. The highest BCUT2D eigenvalue weighted by molar-refractivity contribution is 5.99. The summed E-state index contributed by atoms with van der Waals surface area (Å²) in [5.74, 6) is -0.0292. The molecule has 0 unspecified atom stereocenters. The summed E-state index contributed by atoms with van der Waals surface area (Å²) >= 11 is 0. The van der Waals surface area contributed by atoms with Crippen LogP contribution in [0.1, 0.15) is 47.2 Å².